The van der Waals surface area contributed by atoms with Crippen LogP contribution in [0.1, 0.15) is 13.8 Å². The number of ether oxygens (including phenoxy) is 1. The van der Waals surface area contributed by atoms with E-state index >= 15 is 0 Å². The van der Waals surface area contributed by atoms with Crippen molar-refractivity contribution in [1.82, 2.24) is 0 Å². The third-order valence-electron chi connectivity index (χ3n) is 4.27. The number of halogens is 10. The van der Waals surface area contributed by atoms with Crippen LogP contribution in [0.3, 0.4) is 0 Å². The second-order valence-corrected chi connectivity index (χ2v) is 10.5. The molecular weight excluding hydrogens is 574 g/mol. The summed E-state index contributed by atoms with van der Waals surface area (Å²) in [5.41, 5.74) is 0. The van der Waals surface area contributed by atoms with E-state index in [1.54, 1.807) is 0 Å². The van der Waals surface area contributed by atoms with E-state index in [2.05, 4.69) is 27.5 Å². The molecule has 1 unspecified atom stereocenters. The van der Waals surface area contributed by atoms with Crippen LogP contribution < -0.4 is 0 Å². The van der Waals surface area contributed by atoms with Crippen molar-refractivity contribution in [1.29, 1.82) is 0 Å². The summed E-state index contributed by atoms with van der Waals surface area (Å²) >= 11 is 0. The van der Waals surface area contributed by atoms with Gasteiger partial charge in [-0.15, -0.1) is 0 Å². The Hall–Kier alpha value is -1.71. The van der Waals surface area contributed by atoms with Crippen molar-refractivity contribution in [2.24, 2.45) is 0 Å². The quantitative estimate of drug-likeness (QED) is 0.168. The Balaban J connectivity index is 0. The first-order valence-electron chi connectivity index (χ1n) is 9.11. The lowest BCUT2D eigenvalue weighted by molar-refractivity contribution is -0.909. The van der Waals surface area contributed by atoms with E-state index in [-0.39, 0.29) is 6.61 Å². The molecular formula is C15H22F10N2O7S2. The molecule has 0 aliphatic carbocycles. The van der Waals surface area contributed by atoms with Crippen molar-refractivity contribution < 1.29 is 79.9 Å². The molecule has 0 aliphatic rings. The van der Waals surface area contributed by atoms with Crippen LogP contribution in [-0.2, 0) is 29.6 Å². The zero-order chi connectivity index (χ0) is 29.6. The minimum Gasteiger partial charge on any atom is -0.460 e. The van der Waals surface area contributed by atoms with Crippen LogP contribution in [0.15, 0.2) is 12.7 Å². The van der Waals surface area contributed by atoms with Gasteiger partial charge in [-0.2, -0.15) is 43.9 Å². The third kappa shape index (κ3) is 9.30. The van der Waals surface area contributed by atoms with E-state index in [1.807, 2.05) is 0 Å². The fourth-order valence-corrected chi connectivity index (χ4v) is 4.16. The fraction of sp³-hybridized carbons (Fsp3) is 0.800. The van der Waals surface area contributed by atoms with Crippen molar-refractivity contribution in [3.63, 3.8) is 0 Å². The second-order valence-electron chi connectivity index (χ2n) is 6.98. The van der Waals surface area contributed by atoms with E-state index in [9.17, 15) is 70.6 Å². The van der Waals surface area contributed by atoms with Crippen molar-refractivity contribution in [2.75, 3.05) is 33.3 Å². The van der Waals surface area contributed by atoms with Gasteiger partial charge in [0.2, 0.25) is 0 Å². The van der Waals surface area contributed by atoms with Gasteiger partial charge < -0.3 is 18.5 Å². The van der Waals surface area contributed by atoms with E-state index in [4.69, 9.17) is 4.74 Å². The van der Waals surface area contributed by atoms with Gasteiger partial charge in [0.1, 0.15) is 19.3 Å². The Kier molecular flexibility index (Phi) is 12.4. The molecule has 0 amide bonds. The lowest BCUT2D eigenvalue weighted by Crippen LogP contribution is -2.49. The number of likely N-dealkylation sites (N-methyl/N-ethyl adjacent to an activating group) is 1. The summed E-state index contributed by atoms with van der Waals surface area (Å²) in [5.74, 6) is -0.490. The largest absolute Gasteiger partial charge is 0.467 e. The number of aliphatic hydroxyl groups excluding tert-OH is 1. The smallest absolute Gasteiger partial charge is 0.460 e. The number of alkyl halides is 10. The Bertz CT molecular complexity index is 906. The summed E-state index contributed by atoms with van der Waals surface area (Å²) in [6.07, 6.45) is -13.5. The zero-order valence-electron chi connectivity index (χ0n) is 18.6. The van der Waals surface area contributed by atoms with E-state index in [1.165, 1.54) is 0 Å². The average molecular weight is 596 g/mol. The number of carbonyl (C=O) groups excluding carboxylic acids is 1. The molecule has 0 spiro atoms. The summed E-state index contributed by atoms with van der Waals surface area (Å²) in [4.78, 5) is 10.8. The Morgan fingerprint density at radius 1 is 0.917 bits per heavy atom. The predicted molar refractivity (Wildman–Crippen MR) is 102 cm³/mol. The molecule has 0 aromatic rings. The van der Waals surface area contributed by atoms with Gasteiger partial charge in [0.15, 0.2) is 20.0 Å². The molecule has 0 rings (SSSR count). The van der Waals surface area contributed by atoms with Gasteiger partial charge in [-0.25, -0.2) is 21.6 Å². The standard InChI is InChI=1S/C11H22NO3.C4F10NO4S2/c1-5-11(14)15-9-10(13)8-12(4,6-2)7-3;5-1(6,7)3(11,12)20(16,17)15-21(18,19)4(13,14)2(8,9)10/h5,10,13H,1,6-9H2,2-4H3;/q+1;-1. The Labute approximate surface area is 199 Å². The highest BCUT2D eigenvalue weighted by molar-refractivity contribution is 8.13. The van der Waals surface area contributed by atoms with Crippen LogP contribution in [0.2, 0.25) is 0 Å². The van der Waals surface area contributed by atoms with Crippen LogP contribution in [0.4, 0.5) is 43.9 Å². The van der Waals surface area contributed by atoms with Gasteiger partial charge >= 0.3 is 28.8 Å². The minimum absolute atomic E-state index is 0.0404. The molecule has 0 bridgehead atoms. The lowest BCUT2D eigenvalue weighted by atomic mass is 10.3. The normalized spacial score (nSPS) is 14.9. The molecule has 216 valence electrons. The summed E-state index contributed by atoms with van der Waals surface area (Å²) in [5, 5.41) is -4.32. The number of rotatable bonds is 11. The molecule has 1 N–H and O–H groups in total. The first-order chi connectivity index (χ1) is 15.7. The van der Waals surface area contributed by atoms with Crippen LogP contribution in [-0.4, -0.2) is 94.6 Å². The van der Waals surface area contributed by atoms with Gasteiger partial charge in [0, 0.05) is 6.08 Å². The van der Waals surface area contributed by atoms with Crippen molar-refractivity contribution in [2.45, 2.75) is 42.8 Å². The highest BCUT2D eigenvalue weighted by Gasteiger charge is 2.68. The number of hydrogen-bond donors (Lipinski definition) is 1. The maximum atomic E-state index is 12.3. The van der Waals surface area contributed by atoms with Crippen molar-refractivity contribution >= 4 is 26.0 Å². The highest BCUT2D eigenvalue weighted by Crippen LogP contribution is 2.47. The van der Waals surface area contributed by atoms with Crippen molar-refractivity contribution in [3.8, 4) is 0 Å². The number of nitrogens with zero attached hydrogens (tertiary/aromatic N) is 2. The summed E-state index contributed by atoms with van der Waals surface area (Å²) in [7, 11) is -13.2. The third-order valence-corrected chi connectivity index (χ3v) is 7.60. The first-order valence-corrected chi connectivity index (χ1v) is 12.0. The SMILES string of the molecule is C=CC(=O)OCC(O)C[N+](C)(CC)CC.O=S(=O)([N-]S(=O)(=O)C(F)(F)C(F)(F)F)C(F)(F)C(F)(F)F. The number of quaternary nitrogens is 1. The topological polar surface area (TPSA) is 129 Å². The van der Waals surface area contributed by atoms with E-state index in [0.29, 0.717) is 10.7 Å². The maximum Gasteiger partial charge on any atom is 0.467 e. The predicted octanol–water partition coefficient (Wildman–Crippen LogP) is 2.89. The molecule has 0 saturated heterocycles. The zero-order valence-corrected chi connectivity index (χ0v) is 20.2. The molecule has 21 heteroatoms. The van der Waals surface area contributed by atoms with E-state index < -0.39 is 55.0 Å². The molecule has 0 aromatic carbocycles. The summed E-state index contributed by atoms with van der Waals surface area (Å²) in [6.45, 7) is 9.97. The van der Waals surface area contributed by atoms with Gasteiger partial charge in [0.25, 0.3) is 0 Å². The van der Waals surface area contributed by atoms with Crippen molar-refractivity contribution in [3.05, 3.63) is 16.8 Å². The summed E-state index contributed by atoms with van der Waals surface area (Å²) < 4.78 is 167. The molecule has 0 radical (unpaired) electrons. The number of hydrogen-bond acceptors (Lipinski definition) is 7. The van der Waals surface area contributed by atoms with Gasteiger partial charge in [-0.1, -0.05) is 6.58 Å². The molecule has 0 fully saturated rings. The molecule has 0 heterocycles. The number of sulfonamides is 2. The average Bonchev–Trinajstić information content (AvgIpc) is 2.69. The first kappa shape index (κ1) is 36.4. The number of esters is 1. The fourth-order valence-electron chi connectivity index (χ4n) is 1.80. The van der Waals surface area contributed by atoms with Gasteiger partial charge in [-0.3, -0.25) is 0 Å². The monoisotopic (exact) mass is 596 g/mol. The van der Waals surface area contributed by atoms with Gasteiger partial charge in [0.05, 0.1) is 20.1 Å². The van der Waals surface area contributed by atoms with Crippen LogP contribution in [0.25, 0.3) is 4.13 Å². The molecule has 0 aliphatic heterocycles. The molecule has 36 heavy (non-hydrogen) atoms. The Morgan fingerprint density at radius 3 is 1.50 bits per heavy atom. The molecule has 9 nitrogen and oxygen atoms in total. The minimum atomic E-state index is -7.62. The van der Waals surface area contributed by atoms with Crippen LogP contribution in [0, 0.1) is 0 Å². The summed E-state index contributed by atoms with van der Waals surface area (Å²) in [6, 6.07) is 0. The number of aliphatic hydroxyl groups is 1. The maximum absolute atomic E-state index is 12.3. The molecule has 0 saturated carbocycles. The van der Waals surface area contributed by atoms with Gasteiger partial charge in [-0.05, 0) is 13.8 Å². The highest BCUT2D eigenvalue weighted by atomic mass is 32.3. The van der Waals surface area contributed by atoms with Crippen LogP contribution in [0.5, 0.6) is 0 Å². The molecule has 1 atom stereocenters. The molecule has 0 aromatic heterocycles. The Morgan fingerprint density at radius 2 is 1.25 bits per heavy atom. The van der Waals surface area contributed by atoms with E-state index in [0.717, 1.165) is 23.6 Å². The number of carbonyl (C=O) groups is 1. The lowest BCUT2D eigenvalue weighted by Gasteiger charge is -2.33. The van der Waals surface area contributed by atoms with Crippen LogP contribution >= 0.6 is 0 Å². The second kappa shape index (κ2) is 12.2.